The van der Waals surface area contributed by atoms with Gasteiger partial charge in [-0.1, -0.05) is 158 Å². The predicted molar refractivity (Wildman–Crippen MR) is 222 cm³/mol. The summed E-state index contributed by atoms with van der Waals surface area (Å²) in [5, 5.41) is 2.43. The third kappa shape index (κ3) is 5.82. The summed E-state index contributed by atoms with van der Waals surface area (Å²) in [6, 6.07) is 69.7. The third-order valence-corrected chi connectivity index (χ3v) is 11.4. The normalized spacial score (nSPS) is 12.1. The molecule has 1 unspecified atom stereocenters. The number of fused-ring (bicyclic) bond motifs is 4. The molecule has 2 nitrogen and oxygen atoms in total. The molecule has 0 saturated heterocycles. The molecule has 0 bridgehead atoms. The maximum absolute atomic E-state index is 6.25. The molecule has 0 spiro atoms. The van der Waals surface area contributed by atoms with E-state index in [9.17, 15) is 0 Å². The number of rotatable bonds is 7. The van der Waals surface area contributed by atoms with E-state index in [1.54, 1.807) is 0 Å². The fourth-order valence-corrected chi connectivity index (χ4v) is 8.80. The molecule has 0 N–H and O–H groups in total. The van der Waals surface area contributed by atoms with Crippen LogP contribution in [0.2, 0.25) is 0 Å². The van der Waals surface area contributed by atoms with Gasteiger partial charge in [0.1, 0.15) is 5.52 Å². The number of aromatic nitrogens is 1. The Balaban J connectivity index is 1.07. The molecule has 8 aromatic carbocycles. The van der Waals surface area contributed by atoms with Gasteiger partial charge in [-0.05, 0) is 86.5 Å². The minimum absolute atomic E-state index is 0.0804. The van der Waals surface area contributed by atoms with Gasteiger partial charge in [0.05, 0.1) is 0 Å². The second kappa shape index (κ2) is 13.2. The van der Waals surface area contributed by atoms with Crippen LogP contribution < -0.4 is 0 Å². The van der Waals surface area contributed by atoms with Crippen molar-refractivity contribution in [1.82, 2.24) is 4.98 Å². The van der Waals surface area contributed by atoms with Gasteiger partial charge in [-0.25, -0.2) is 4.98 Å². The van der Waals surface area contributed by atoms with Gasteiger partial charge in [-0.15, -0.1) is 11.3 Å². The quantitative estimate of drug-likeness (QED) is 0.155. The Hall–Kier alpha value is -6.55. The molecule has 250 valence electrons. The maximum Gasteiger partial charge on any atom is 0.227 e. The third-order valence-electron chi connectivity index (χ3n) is 10.3. The minimum Gasteiger partial charge on any atom is -0.436 e. The van der Waals surface area contributed by atoms with Crippen molar-refractivity contribution in [3.8, 4) is 44.8 Å². The highest BCUT2D eigenvalue weighted by Gasteiger charge is 2.20. The number of nitrogens with zero attached hydrogens (tertiary/aromatic N) is 1. The van der Waals surface area contributed by atoms with Crippen LogP contribution in [0.15, 0.2) is 199 Å². The van der Waals surface area contributed by atoms with E-state index in [0.717, 1.165) is 16.7 Å². The van der Waals surface area contributed by atoms with E-state index in [-0.39, 0.29) is 5.92 Å². The Kier molecular flexibility index (Phi) is 7.78. The van der Waals surface area contributed by atoms with E-state index in [0.29, 0.717) is 5.89 Å². The van der Waals surface area contributed by atoms with Gasteiger partial charge in [-0.2, -0.15) is 0 Å². The van der Waals surface area contributed by atoms with Crippen molar-refractivity contribution in [2.45, 2.75) is 5.92 Å². The van der Waals surface area contributed by atoms with E-state index in [1.807, 2.05) is 41.7 Å². The molecule has 0 aliphatic carbocycles. The predicted octanol–water partition coefficient (Wildman–Crippen LogP) is 14.0. The van der Waals surface area contributed by atoms with Gasteiger partial charge >= 0.3 is 0 Å². The van der Waals surface area contributed by atoms with Crippen molar-refractivity contribution in [3.05, 3.63) is 211 Å². The second-order valence-electron chi connectivity index (χ2n) is 13.5. The van der Waals surface area contributed by atoms with Crippen LogP contribution >= 0.6 is 11.3 Å². The SMILES string of the molecule is c1ccc(-c2ccc(C(c3ccccc3)c3ccc(-c4ccc5c(c4)sc4cc6nc(-c7ccccc7)oc6cc45)c(-c4ccccc4)c3)cc2)cc1. The Morgan fingerprint density at radius 1 is 0.396 bits per heavy atom. The molecule has 2 aromatic heterocycles. The first-order valence-corrected chi connectivity index (χ1v) is 18.8. The molecule has 10 rings (SSSR count). The summed E-state index contributed by atoms with van der Waals surface area (Å²) in [4.78, 5) is 4.84. The summed E-state index contributed by atoms with van der Waals surface area (Å²) in [5.74, 6) is 0.734. The molecule has 0 fully saturated rings. The van der Waals surface area contributed by atoms with Gasteiger partial charge in [0, 0.05) is 31.7 Å². The lowest BCUT2D eigenvalue weighted by atomic mass is 9.82. The molecule has 1 atom stereocenters. The highest BCUT2D eigenvalue weighted by molar-refractivity contribution is 7.25. The topological polar surface area (TPSA) is 26.0 Å². The molecular weight excluding hydrogens is 663 g/mol. The van der Waals surface area contributed by atoms with Crippen molar-refractivity contribution in [2.75, 3.05) is 0 Å². The number of hydrogen-bond donors (Lipinski definition) is 0. The monoisotopic (exact) mass is 695 g/mol. The Morgan fingerprint density at radius 3 is 1.68 bits per heavy atom. The van der Waals surface area contributed by atoms with Crippen molar-refractivity contribution in [2.24, 2.45) is 0 Å². The molecular formula is C50H33NOS. The van der Waals surface area contributed by atoms with Crippen LogP contribution in [0.5, 0.6) is 0 Å². The first-order valence-electron chi connectivity index (χ1n) is 18.0. The van der Waals surface area contributed by atoms with Crippen molar-refractivity contribution in [3.63, 3.8) is 0 Å². The van der Waals surface area contributed by atoms with Crippen LogP contribution in [0.4, 0.5) is 0 Å². The molecule has 0 saturated carbocycles. The van der Waals surface area contributed by atoms with Crippen molar-refractivity contribution in [1.29, 1.82) is 0 Å². The molecule has 0 aliphatic rings. The van der Waals surface area contributed by atoms with Crippen LogP contribution in [0.25, 0.3) is 76.1 Å². The van der Waals surface area contributed by atoms with Crippen LogP contribution in [0, 0.1) is 0 Å². The molecule has 0 radical (unpaired) electrons. The lowest BCUT2D eigenvalue weighted by Gasteiger charge is -2.22. The average Bonchev–Trinajstić information content (AvgIpc) is 3.82. The largest absolute Gasteiger partial charge is 0.436 e. The lowest BCUT2D eigenvalue weighted by molar-refractivity contribution is 0.620. The Bertz CT molecular complexity index is 2860. The van der Waals surface area contributed by atoms with Gasteiger partial charge in [0.2, 0.25) is 5.89 Å². The fourth-order valence-electron chi connectivity index (χ4n) is 7.64. The summed E-state index contributed by atoms with van der Waals surface area (Å²) in [6.07, 6.45) is 0. The summed E-state index contributed by atoms with van der Waals surface area (Å²) >= 11 is 1.81. The first kappa shape index (κ1) is 31.2. The van der Waals surface area contributed by atoms with E-state index in [4.69, 9.17) is 9.40 Å². The number of oxazole rings is 1. The molecule has 53 heavy (non-hydrogen) atoms. The maximum atomic E-state index is 6.25. The van der Waals surface area contributed by atoms with Gasteiger partial charge in [0.15, 0.2) is 5.58 Å². The number of benzene rings is 8. The summed E-state index contributed by atoms with van der Waals surface area (Å²) < 4.78 is 8.71. The average molecular weight is 696 g/mol. The van der Waals surface area contributed by atoms with E-state index in [2.05, 4.69) is 164 Å². The van der Waals surface area contributed by atoms with Crippen LogP contribution in [0.1, 0.15) is 22.6 Å². The van der Waals surface area contributed by atoms with Gasteiger partial charge in [0.25, 0.3) is 0 Å². The summed E-state index contributed by atoms with van der Waals surface area (Å²) in [7, 11) is 0. The van der Waals surface area contributed by atoms with Crippen LogP contribution in [-0.2, 0) is 0 Å². The highest BCUT2D eigenvalue weighted by atomic mass is 32.1. The summed E-state index contributed by atoms with van der Waals surface area (Å²) in [6.45, 7) is 0. The minimum atomic E-state index is 0.0804. The number of thiophene rings is 1. The smallest absolute Gasteiger partial charge is 0.227 e. The molecule has 0 aliphatic heterocycles. The number of hydrogen-bond acceptors (Lipinski definition) is 3. The highest BCUT2D eigenvalue weighted by Crippen LogP contribution is 2.43. The zero-order valence-electron chi connectivity index (χ0n) is 28.8. The Morgan fingerprint density at radius 2 is 0.962 bits per heavy atom. The second-order valence-corrected chi connectivity index (χ2v) is 14.6. The zero-order valence-corrected chi connectivity index (χ0v) is 29.6. The van der Waals surface area contributed by atoms with Crippen molar-refractivity contribution >= 4 is 42.6 Å². The summed E-state index contributed by atoms with van der Waals surface area (Å²) in [5.41, 5.74) is 13.8. The standard InChI is InChI=1S/C50H33NOS/c1-5-13-33(14-6-1)34-21-23-37(24-22-34)49(36-17-9-3-10-18-36)40-26-27-41(43(29-40)35-15-7-2-8-16-35)39-25-28-42-44-31-46-45(32-48(44)53-47(42)30-39)51-50(52-46)38-19-11-4-12-20-38/h1-32,49H. The molecule has 2 heterocycles. The fraction of sp³-hybridized carbons (Fsp3) is 0.0200. The van der Waals surface area contributed by atoms with Crippen molar-refractivity contribution < 1.29 is 4.42 Å². The zero-order chi connectivity index (χ0) is 35.1. The van der Waals surface area contributed by atoms with Crippen LogP contribution in [-0.4, -0.2) is 4.98 Å². The Labute approximate surface area is 312 Å². The first-order chi connectivity index (χ1) is 26.2. The van der Waals surface area contributed by atoms with E-state index < -0.39 is 0 Å². The lowest BCUT2D eigenvalue weighted by Crippen LogP contribution is -2.04. The van der Waals surface area contributed by atoms with Crippen LogP contribution in [0.3, 0.4) is 0 Å². The molecule has 0 amide bonds. The van der Waals surface area contributed by atoms with E-state index in [1.165, 1.54) is 70.2 Å². The van der Waals surface area contributed by atoms with Gasteiger partial charge in [-0.3, -0.25) is 0 Å². The molecule has 10 aromatic rings. The van der Waals surface area contributed by atoms with E-state index >= 15 is 0 Å². The van der Waals surface area contributed by atoms with Gasteiger partial charge < -0.3 is 4.42 Å². The molecule has 3 heteroatoms.